The summed E-state index contributed by atoms with van der Waals surface area (Å²) in [6.07, 6.45) is 3.45. The van der Waals surface area contributed by atoms with Gasteiger partial charge in [-0.3, -0.25) is 0 Å². The highest BCUT2D eigenvalue weighted by Gasteiger charge is 2.00. The molecule has 0 saturated carbocycles. The fourth-order valence-corrected chi connectivity index (χ4v) is 1.27. The van der Waals surface area contributed by atoms with Crippen molar-refractivity contribution in [1.29, 1.82) is 0 Å². The maximum Gasteiger partial charge on any atom is 0.175 e. The predicted octanol–water partition coefficient (Wildman–Crippen LogP) is 0.917. The molecule has 0 aromatic carbocycles. The number of aliphatic hydroxyl groups is 1. The highest BCUT2D eigenvalue weighted by atomic mass is 79.9. The Morgan fingerprint density at radius 2 is 2.21 bits per heavy atom. The second-order valence-corrected chi connectivity index (χ2v) is 3.56. The minimum atomic E-state index is -0.101. The van der Waals surface area contributed by atoms with Crippen LogP contribution in [0.5, 0.6) is 0 Å². The van der Waals surface area contributed by atoms with Crippen molar-refractivity contribution in [2.75, 3.05) is 0 Å². The monoisotopic (exact) mass is 254 g/mol. The van der Waals surface area contributed by atoms with E-state index >= 15 is 0 Å². The van der Waals surface area contributed by atoms with Gasteiger partial charge in [-0.1, -0.05) is 0 Å². The van der Waals surface area contributed by atoms with Gasteiger partial charge in [-0.05, 0) is 28.1 Å². The van der Waals surface area contributed by atoms with Crippen LogP contribution < -0.4 is 0 Å². The summed E-state index contributed by atoms with van der Waals surface area (Å²) in [6, 6.07) is 3.45. The predicted molar refractivity (Wildman–Crippen MR) is 52.8 cm³/mol. The molecular formula is C8H7BrN4O. The van der Waals surface area contributed by atoms with Gasteiger partial charge in [-0.15, -0.1) is 5.10 Å². The lowest BCUT2D eigenvalue weighted by molar-refractivity contribution is 0.275. The van der Waals surface area contributed by atoms with E-state index in [0.717, 1.165) is 4.47 Å². The normalized spacial score (nSPS) is 10.4. The van der Waals surface area contributed by atoms with Gasteiger partial charge in [0.15, 0.2) is 5.82 Å². The Labute approximate surface area is 88.5 Å². The van der Waals surface area contributed by atoms with Crippen molar-refractivity contribution in [2.24, 2.45) is 0 Å². The number of hydrogen-bond acceptors (Lipinski definition) is 4. The van der Waals surface area contributed by atoms with Crippen molar-refractivity contribution < 1.29 is 5.11 Å². The molecule has 0 spiro atoms. The molecule has 0 radical (unpaired) electrons. The first kappa shape index (κ1) is 9.29. The molecule has 0 aliphatic carbocycles. The van der Waals surface area contributed by atoms with E-state index in [9.17, 15) is 0 Å². The van der Waals surface area contributed by atoms with Crippen LogP contribution in [0.15, 0.2) is 29.0 Å². The van der Waals surface area contributed by atoms with Crippen LogP contribution in [0, 0.1) is 0 Å². The van der Waals surface area contributed by atoms with E-state index in [-0.39, 0.29) is 6.61 Å². The number of aliphatic hydroxyl groups excluding tert-OH is 1. The van der Waals surface area contributed by atoms with Gasteiger partial charge < -0.3 is 5.11 Å². The Kier molecular flexibility index (Phi) is 2.55. The van der Waals surface area contributed by atoms with E-state index < -0.39 is 0 Å². The third kappa shape index (κ3) is 1.80. The fraction of sp³-hybridized carbons (Fsp3) is 0.125. The lowest BCUT2D eigenvalue weighted by Gasteiger charge is -1.98. The molecule has 5 nitrogen and oxygen atoms in total. The van der Waals surface area contributed by atoms with Gasteiger partial charge in [-0.2, -0.15) is 10.2 Å². The third-order valence-electron chi connectivity index (χ3n) is 1.65. The first-order chi connectivity index (χ1) is 6.79. The smallest absolute Gasteiger partial charge is 0.175 e. The van der Waals surface area contributed by atoms with Crippen LogP contribution in [0.2, 0.25) is 0 Å². The first-order valence-electron chi connectivity index (χ1n) is 3.93. The molecule has 1 N–H and O–H groups in total. The zero-order chi connectivity index (χ0) is 9.97. The molecule has 2 rings (SSSR count). The van der Waals surface area contributed by atoms with Gasteiger partial charge >= 0.3 is 0 Å². The highest BCUT2D eigenvalue weighted by Crippen LogP contribution is 2.09. The molecule has 2 heterocycles. The maximum absolute atomic E-state index is 8.77. The molecule has 0 unspecified atom stereocenters. The Balaban J connectivity index is 2.33. The van der Waals surface area contributed by atoms with E-state index in [4.69, 9.17) is 5.11 Å². The topological polar surface area (TPSA) is 63.8 Å². The minimum absolute atomic E-state index is 0.101. The van der Waals surface area contributed by atoms with Gasteiger partial charge in [0.05, 0.1) is 23.0 Å². The van der Waals surface area contributed by atoms with Gasteiger partial charge in [0.1, 0.15) is 0 Å². The summed E-state index contributed by atoms with van der Waals surface area (Å²) >= 11 is 3.29. The molecule has 0 amide bonds. The average Bonchev–Trinajstić information content (AvgIpc) is 2.65. The molecule has 0 saturated heterocycles. The molecule has 72 valence electrons. The minimum Gasteiger partial charge on any atom is -0.390 e. The zero-order valence-electron chi connectivity index (χ0n) is 7.13. The largest absolute Gasteiger partial charge is 0.390 e. The van der Waals surface area contributed by atoms with Crippen LogP contribution >= 0.6 is 15.9 Å². The molecule has 6 heteroatoms. The molecule has 2 aromatic rings. The van der Waals surface area contributed by atoms with Crippen molar-refractivity contribution >= 4 is 15.9 Å². The highest BCUT2D eigenvalue weighted by molar-refractivity contribution is 9.10. The second kappa shape index (κ2) is 3.85. The lowest BCUT2D eigenvalue weighted by Crippen LogP contribution is -2.01. The van der Waals surface area contributed by atoms with Crippen molar-refractivity contribution in [1.82, 2.24) is 20.0 Å². The van der Waals surface area contributed by atoms with Crippen LogP contribution in [0.4, 0.5) is 0 Å². The molecule has 0 fully saturated rings. The van der Waals surface area contributed by atoms with Crippen LogP contribution in [-0.2, 0) is 6.61 Å². The summed E-state index contributed by atoms with van der Waals surface area (Å²) in [6.45, 7) is -0.101. The van der Waals surface area contributed by atoms with Crippen LogP contribution in [0.25, 0.3) is 5.82 Å². The summed E-state index contributed by atoms with van der Waals surface area (Å²) in [4.78, 5) is 0. The standard InChI is InChI=1S/C8H7BrN4O/c9-6-3-10-13(4-6)8-2-1-7(5-14)11-12-8/h1-4,14H,5H2. The maximum atomic E-state index is 8.77. The van der Waals surface area contributed by atoms with E-state index in [0.29, 0.717) is 11.5 Å². The van der Waals surface area contributed by atoms with Crippen molar-refractivity contribution in [3.8, 4) is 5.82 Å². The lowest BCUT2D eigenvalue weighted by atomic mass is 10.4. The summed E-state index contributed by atoms with van der Waals surface area (Å²) in [5, 5.41) is 20.5. The number of nitrogens with zero attached hydrogens (tertiary/aromatic N) is 4. The van der Waals surface area contributed by atoms with E-state index in [1.54, 1.807) is 29.2 Å². The zero-order valence-corrected chi connectivity index (χ0v) is 8.72. The summed E-state index contributed by atoms with van der Waals surface area (Å²) in [7, 11) is 0. The molecule has 0 aliphatic rings. The van der Waals surface area contributed by atoms with Gasteiger partial charge in [0, 0.05) is 6.20 Å². The SMILES string of the molecule is OCc1ccc(-n2cc(Br)cn2)nn1. The fourth-order valence-electron chi connectivity index (χ4n) is 0.985. The molecule has 0 bridgehead atoms. The van der Waals surface area contributed by atoms with Crippen LogP contribution in [0.3, 0.4) is 0 Å². The molecule has 0 atom stereocenters. The number of halogens is 1. The second-order valence-electron chi connectivity index (χ2n) is 2.64. The Bertz CT molecular complexity index is 425. The first-order valence-corrected chi connectivity index (χ1v) is 4.73. The van der Waals surface area contributed by atoms with E-state index in [2.05, 4.69) is 31.2 Å². The number of aromatic nitrogens is 4. The number of rotatable bonds is 2. The Morgan fingerprint density at radius 1 is 1.36 bits per heavy atom. The van der Waals surface area contributed by atoms with Crippen molar-refractivity contribution in [3.63, 3.8) is 0 Å². The van der Waals surface area contributed by atoms with E-state index in [1.165, 1.54) is 0 Å². The summed E-state index contributed by atoms with van der Waals surface area (Å²) in [5.41, 5.74) is 0.542. The Morgan fingerprint density at radius 3 is 2.71 bits per heavy atom. The van der Waals surface area contributed by atoms with Crippen molar-refractivity contribution in [3.05, 3.63) is 34.7 Å². The third-order valence-corrected chi connectivity index (χ3v) is 2.06. The molecule has 2 aromatic heterocycles. The van der Waals surface area contributed by atoms with Crippen molar-refractivity contribution in [2.45, 2.75) is 6.61 Å². The average molecular weight is 255 g/mol. The van der Waals surface area contributed by atoms with Crippen LogP contribution in [-0.4, -0.2) is 25.1 Å². The molecule has 0 aliphatic heterocycles. The van der Waals surface area contributed by atoms with E-state index in [1.807, 2.05) is 0 Å². The number of hydrogen-bond donors (Lipinski definition) is 1. The summed E-state index contributed by atoms with van der Waals surface area (Å²) < 4.78 is 2.48. The molecular weight excluding hydrogens is 248 g/mol. The summed E-state index contributed by atoms with van der Waals surface area (Å²) in [5.74, 6) is 0.618. The Hall–Kier alpha value is -1.27. The van der Waals surface area contributed by atoms with Crippen LogP contribution in [0.1, 0.15) is 5.69 Å². The van der Waals surface area contributed by atoms with Gasteiger partial charge in [0.25, 0.3) is 0 Å². The van der Waals surface area contributed by atoms with Gasteiger partial charge in [-0.25, -0.2) is 4.68 Å². The quantitative estimate of drug-likeness (QED) is 0.866. The van der Waals surface area contributed by atoms with Gasteiger partial charge in [0.2, 0.25) is 0 Å². The molecule has 14 heavy (non-hydrogen) atoms.